The van der Waals surface area contributed by atoms with Crippen molar-refractivity contribution in [2.24, 2.45) is 0 Å². The molecule has 3 rings (SSSR count). The van der Waals surface area contributed by atoms with Gasteiger partial charge in [0.25, 0.3) is 5.91 Å². The number of anilines is 1. The van der Waals surface area contributed by atoms with E-state index in [1.807, 2.05) is 48.5 Å². The molecule has 0 bridgehead atoms. The highest BCUT2D eigenvalue weighted by atomic mass is 16.3. The van der Waals surface area contributed by atoms with E-state index in [-0.39, 0.29) is 5.91 Å². The average molecular weight is 310 g/mol. The molecule has 0 saturated heterocycles. The maximum absolute atomic E-state index is 12.9. The lowest BCUT2D eigenvalue weighted by Crippen LogP contribution is -2.43. The van der Waals surface area contributed by atoms with Crippen molar-refractivity contribution in [3.63, 3.8) is 0 Å². The van der Waals surface area contributed by atoms with Crippen LogP contribution in [0.3, 0.4) is 0 Å². The van der Waals surface area contributed by atoms with Crippen LogP contribution >= 0.6 is 0 Å². The molecule has 0 aliphatic carbocycles. The summed E-state index contributed by atoms with van der Waals surface area (Å²) in [5, 5.41) is 12.1. The molecular weight excluding hydrogens is 292 g/mol. The number of rotatable bonds is 2. The van der Waals surface area contributed by atoms with Gasteiger partial charge in [-0.3, -0.25) is 9.59 Å². The summed E-state index contributed by atoms with van der Waals surface area (Å²) in [7, 11) is 1.69. The number of hydrogen-bond acceptors (Lipinski definition) is 3. The molecular formula is C18H18N2O3. The highest BCUT2D eigenvalue weighted by Crippen LogP contribution is 2.39. The number of nitrogens with one attached hydrogen (secondary N) is 1. The normalized spacial score (nSPS) is 17.8. The van der Waals surface area contributed by atoms with Gasteiger partial charge in [0.05, 0.1) is 5.69 Å². The second kappa shape index (κ2) is 5.85. The van der Waals surface area contributed by atoms with Crippen molar-refractivity contribution in [1.29, 1.82) is 0 Å². The lowest BCUT2D eigenvalue weighted by atomic mass is 9.95. The number of benzene rings is 2. The van der Waals surface area contributed by atoms with Crippen molar-refractivity contribution in [2.75, 3.05) is 11.9 Å². The van der Waals surface area contributed by atoms with Crippen LogP contribution in [0.15, 0.2) is 48.5 Å². The zero-order chi connectivity index (χ0) is 16.6. The summed E-state index contributed by atoms with van der Waals surface area (Å²) >= 11 is 0. The average Bonchev–Trinajstić information content (AvgIpc) is 2.65. The minimum atomic E-state index is -1.18. The van der Waals surface area contributed by atoms with E-state index in [2.05, 4.69) is 5.32 Å². The number of carbonyl (C=O) groups is 2. The molecule has 2 aromatic rings. The lowest BCUT2D eigenvalue weighted by molar-refractivity contribution is -0.132. The summed E-state index contributed by atoms with van der Waals surface area (Å²) in [5.74, 6) is -0.811. The number of carbonyl (C=O) groups excluding carboxylic acids is 2. The van der Waals surface area contributed by atoms with Crippen LogP contribution in [0.1, 0.15) is 18.5 Å². The summed E-state index contributed by atoms with van der Waals surface area (Å²) in [6.45, 7) is 1.38. The Morgan fingerprint density at radius 1 is 1.13 bits per heavy atom. The quantitative estimate of drug-likeness (QED) is 0.889. The van der Waals surface area contributed by atoms with Crippen LogP contribution in [0.2, 0.25) is 0 Å². The molecule has 118 valence electrons. The predicted molar refractivity (Wildman–Crippen MR) is 87.9 cm³/mol. The molecule has 5 heteroatoms. The smallest absolute Gasteiger partial charge is 0.253 e. The van der Waals surface area contributed by atoms with Gasteiger partial charge >= 0.3 is 0 Å². The van der Waals surface area contributed by atoms with E-state index < -0.39 is 18.1 Å². The van der Waals surface area contributed by atoms with Crippen LogP contribution in [0.4, 0.5) is 5.69 Å². The van der Waals surface area contributed by atoms with Crippen LogP contribution < -0.4 is 10.2 Å². The monoisotopic (exact) mass is 310 g/mol. The first-order chi connectivity index (χ1) is 11.0. The van der Waals surface area contributed by atoms with Crippen LogP contribution in [0.25, 0.3) is 11.1 Å². The first-order valence-corrected chi connectivity index (χ1v) is 7.45. The van der Waals surface area contributed by atoms with Gasteiger partial charge in [0.1, 0.15) is 12.1 Å². The van der Waals surface area contributed by atoms with Gasteiger partial charge < -0.3 is 15.3 Å². The third-order valence-corrected chi connectivity index (χ3v) is 4.07. The van der Waals surface area contributed by atoms with E-state index in [4.69, 9.17) is 0 Å². The number of hydrogen-bond donors (Lipinski definition) is 2. The van der Waals surface area contributed by atoms with Crippen molar-refractivity contribution in [1.82, 2.24) is 5.32 Å². The molecule has 2 atom stereocenters. The lowest BCUT2D eigenvalue weighted by Gasteiger charge is -2.23. The number of nitrogens with zero attached hydrogens (tertiary/aromatic N) is 1. The maximum atomic E-state index is 12.9. The molecule has 0 unspecified atom stereocenters. The molecule has 1 aliphatic rings. The summed E-state index contributed by atoms with van der Waals surface area (Å²) in [5.41, 5.74) is 3.35. The first kappa shape index (κ1) is 15.2. The number of aliphatic hydroxyl groups is 1. The molecule has 2 aromatic carbocycles. The highest BCUT2D eigenvalue weighted by molar-refractivity contribution is 6.06. The SMILES string of the molecule is C[C@H](O)C(=O)N[C@H]1C(=O)N(C)c2ccccc2-c2ccccc21. The molecule has 2 N–H and O–H groups in total. The molecule has 0 spiro atoms. The van der Waals surface area contributed by atoms with Gasteiger partial charge in [-0.25, -0.2) is 0 Å². The maximum Gasteiger partial charge on any atom is 0.253 e. The first-order valence-electron chi connectivity index (χ1n) is 7.45. The summed E-state index contributed by atoms with van der Waals surface area (Å²) < 4.78 is 0. The highest BCUT2D eigenvalue weighted by Gasteiger charge is 2.33. The second-order valence-corrected chi connectivity index (χ2v) is 5.62. The topological polar surface area (TPSA) is 69.6 Å². The minimum absolute atomic E-state index is 0.239. The number of aliphatic hydroxyl groups excluding tert-OH is 1. The van der Waals surface area contributed by atoms with Gasteiger partial charge in [-0.2, -0.15) is 0 Å². The number of amides is 2. The van der Waals surface area contributed by atoms with E-state index in [1.165, 1.54) is 6.92 Å². The minimum Gasteiger partial charge on any atom is -0.384 e. The number of para-hydroxylation sites is 1. The Kier molecular flexibility index (Phi) is 3.88. The molecule has 23 heavy (non-hydrogen) atoms. The Labute approximate surface area is 134 Å². The van der Waals surface area contributed by atoms with Crippen LogP contribution in [0.5, 0.6) is 0 Å². The fourth-order valence-electron chi connectivity index (χ4n) is 2.84. The third kappa shape index (κ3) is 2.59. The van der Waals surface area contributed by atoms with Crippen molar-refractivity contribution in [3.8, 4) is 11.1 Å². The predicted octanol–water partition coefficient (Wildman–Crippen LogP) is 1.87. The van der Waals surface area contributed by atoms with Gasteiger partial charge in [-0.15, -0.1) is 0 Å². The fourth-order valence-corrected chi connectivity index (χ4v) is 2.84. The molecule has 0 fully saturated rings. The van der Waals surface area contributed by atoms with E-state index in [9.17, 15) is 14.7 Å². The zero-order valence-electron chi connectivity index (χ0n) is 13.0. The standard InChI is InChI=1S/C18H18N2O3/c1-11(21)17(22)19-16-14-9-4-3-7-12(14)13-8-5-6-10-15(13)20(2)18(16)23/h3-11,16,21H,1-2H3,(H,19,22)/t11-,16+/m0/s1. The molecule has 0 saturated carbocycles. The fraction of sp³-hybridized carbons (Fsp3) is 0.222. The van der Waals surface area contributed by atoms with Crippen LogP contribution in [-0.4, -0.2) is 30.1 Å². The molecule has 0 aromatic heterocycles. The van der Waals surface area contributed by atoms with Gasteiger partial charge in [0.15, 0.2) is 0 Å². The Morgan fingerprint density at radius 2 is 1.74 bits per heavy atom. The van der Waals surface area contributed by atoms with Crippen molar-refractivity contribution < 1.29 is 14.7 Å². The molecule has 5 nitrogen and oxygen atoms in total. The van der Waals surface area contributed by atoms with Crippen molar-refractivity contribution in [2.45, 2.75) is 19.1 Å². The third-order valence-electron chi connectivity index (χ3n) is 4.07. The Balaban J connectivity index is 2.17. The van der Waals surface area contributed by atoms with E-state index in [0.717, 1.165) is 22.4 Å². The summed E-state index contributed by atoms with van der Waals surface area (Å²) in [6.07, 6.45) is -1.18. The van der Waals surface area contributed by atoms with Crippen LogP contribution in [-0.2, 0) is 9.59 Å². The zero-order valence-corrected chi connectivity index (χ0v) is 13.0. The largest absolute Gasteiger partial charge is 0.384 e. The van der Waals surface area contributed by atoms with Crippen molar-refractivity contribution in [3.05, 3.63) is 54.1 Å². The van der Waals surface area contributed by atoms with Gasteiger partial charge in [0.2, 0.25) is 5.91 Å². The van der Waals surface area contributed by atoms with Gasteiger partial charge in [-0.05, 0) is 24.1 Å². The van der Waals surface area contributed by atoms with Crippen LogP contribution in [0, 0.1) is 0 Å². The number of likely N-dealkylation sites (N-methyl/N-ethyl adjacent to an activating group) is 1. The van der Waals surface area contributed by atoms with Gasteiger partial charge in [0, 0.05) is 12.6 Å². The van der Waals surface area contributed by atoms with E-state index >= 15 is 0 Å². The van der Waals surface area contributed by atoms with Gasteiger partial charge in [-0.1, -0.05) is 42.5 Å². The molecule has 2 amide bonds. The summed E-state index contributed by atoms with van der Waals surface area (Å²) in [6, 6.07) is 14.3. The van der Waals surface area contributed by atoms with E-state index in [0.29, 0.717) is 0 Å². The Bertz CT molecular complexity index is 770. The van der Waals surface area contributed by atoms with E-state index in [1.54, 1.807) is 11.9 Å². The molecule has 0 radical (unpaired) electrons. The molecule has 1 aliphatic heterocycles. The second-order valence-electron chi connectivity index (χ2n) is 5.62. The Morgan fingerprint density at radius 3 is 2.43 bits per heavy atom. The van der Waals surface area contributed by atoms with Crippen molar-refractivity contribution >= 4 is 17.5 Å². The molecule has 1 heterocycles. The number of fused-ring (bicyclic) bond motifs is 3. The summed E-state index contributed by atoms with van der Waals surface area (Å²) in [4.78, 5) is 26.3. The Hall–Kier alpha value is -2.66.